The summed E-state index contributed by atoms with van der Waals surface area (Å²) in [5, 5.41) is 9.55. The van der Waals surface area contributed by atoms with Gasteiger partial charge in [-0.05, 0) is 12.1 Å². The normalized spacial score (nSPS) is 15.4. The Morgan fingerprint density at radius 1 is 1.04 bits per heavy atom. The summed E-state index contributed by atoms with van der Waals surface area (Å²) in [4.78, 5) is 26.2. The van der Waals surface area contributed by atoms with Gasteiger partial charge in [0.1, 0.15) is 16.8 Å². The Morgan fingerprint density at radius 3 is 2.21 bits per heavy atom. The van der Waals surface area contributed by atoms with Crippen LogP contribution in [0.1, 0.15) is 5.56 Å². The molecule has 0 spiro atoms. The number of aromatic nitrogens is 2. The quantitative estimate of drug-likeness (QED) is 0.693. The predicted molar refractivity (Wildman–Crippen MR) is 104 cm³/mol. The SMILES string of the molecule is Cn1c(N2CCN(S(=O)(=O)c3ccccc3Cl)CC2)c(C#N)c(=O)n(C)c1=O. The Kier molecular flexibility index (Phi) is 5.34. The third-order valence-corrected chi connectivity index (χ3v) is 7.14. The molecule has 2 heterocycles. The third-order valence-electron chi connectivity index (χ3n) is 4.74. The molecule has 0 saturated carbocycles. The highest BCUT2D eigenvalue weighted by Crippen LogP contribution is 2.26. The fraction of sp³-hybridized carbons (Fsp3) is 0.353. The van der Waals surface area contributed by atoms with E-state index in [2.05, 4.69) is 0 Å². The zero-order chi connectivity index (χ0) is 20.6. The molecular formula is C17H18ClN5O4S. The molecule has 0 radical (unpaired) electrons. The van der Waals surface area contributed by atoms with Crippen molar-refractivity contribution in [3.05, 3.63) is 55.7 Å². The van der Waals surface area contributed by atoms with Crippen molar-refractivity contribution in [2.45, 2.75) is 4.90 Å². The van der Waals surface area contributed by atoms with Crippen LogP contribution in [0.25, 0.3) is 0 Å². The van der Waals surface area contributed by atoms with Gasteiger partial charge < -0.3 is 4.90 Å². The van der Waals surface area contributed by atoms with Gasteiger partial charge in [0, 0.05) is 40.3 Å². The minimum Gasteiger partial charge on any atom is -0.354 e. The highest BCUT2D eigenvalue weighted by atomic mass is 35.5. The second-order valence-corrected chi connectivity index (χ2v) is 8.65. The summed E-state index contributed by atoms with van der Waals surface area (Å²) in [6.07, 6.45) is 0. The van der Waals surface area contributed by atoms with Crippen molar-refractivity contribution >= 4 is 27.4 Å². The Bertz CT molecular complexity index is 1190. The summed E-state index contributed by atoms with van der Waals surface area (Å²) in [6, 6.07) is 8.07. The van der Waals surface area contributed by atoms with Gasteiger partial charge in [0.15, 0.2) is 5.56 Å². The first-order valence-electron chi connectivity index (χ1n) is 8.40. The number of anilines is 1. The molecule has 1 aromatic carbocycles. The van der Waals surface area contributed by atoms with E-state index in [0.717, 1.165) is 4.57 Å². The molecule has 28 heavy (non-hydrogen) atoms. The van der Waals surface area contributed by atoms with Gasteiger partial charge in [-0.1, -0.05) is 23.7 Å². The molecule has 3 rings (SSSR count). The van der Waals surface area contributed by atoms with Crippen LogP contribution < -0.4 is 16.1 Å². The van der Waals surface area contributed by atoms with Crippen molar-refractivity contribution in [2.24, 2.45) is 14.1 Å². The summed E-state index contributed by atoms with van der Waals surface area (Å²) >= 11 is 6.04. The van der Waals surface area contributed by atoms with Crippen LogP contribution in [0.15, 0.2) is 38.8 Å². The molecule has 148 valence electrons. The van der Waals surface area contributed by atoms with Crippen LogP contribution in [0.4, 0.5) is 5.82 Å². The zero-order valence-electron chi connectivity index (χ0n) is 15.3. The number of benzene rings is 1. The summed E-state index contributed by atoms with van der Waals surface area (Å²) in [5.41, 5.74) is -1.37. The molecule has 11 heteroatoms. The molecular weight excluding hydrogens is 406 g/mol. The minimum atomic E-state index is -3.77. The molecule has 2 aromatic rings. The number of halogens is 1. The van der Waals surface area contributed by atoms with Crippen LogP contribution in [-0.4, -0.2) is 48.0 Å². The Morgan fingerprint density at radius 2 is 1.64 bits per heavy atom. The topological polar surface area (TPSA) is 108 Å². The van der Waals surface area contributed by atoms with Crippen molar-refractivity contribution in [1.82, 2.24) is 13.4 Å². The zero-order valence-corrected chi connectivity index (χ0v) is 16.9. The predicted octanol–water partition coefficient (Wildman–Crippen LogP) is 0.120. The lowest BCUT2D eigenvalue weighted by Gasteiger charge is -2.36. The molecule has 0 amide bonds. The van der Waals surface area contributed by atoms with Crippen LogP contribution in [0.2, 0.25) is 5.02 Å². The average Bonchev–Trinajstić information content (AvgIpc) is 2.69. The van der Waals surface area contributed by atoms with E-state index in [-0.39, 0.29) is 47.5 Å². The smallest absolute Gasteiger partial charge is 0.332 e. The Balaban J connectivity index is 1.92. The van der Waals surface area contributed by atoms with Crippen molar-refractivity contribution < 1.29 is 8.42 Å². The van der Waals surface area contributed by atoms with Gasteiger partial charge in [0.25, 0.3) is 5.56 Å². The van der Waals surface area contributed by atoms with Crippen molar-refractivity contribution in [1.29, 1.82) is 5.26 Å². The molecule has 0 N–H and O–H groups in total. The molecule has 0 bridgehead atoms. The monoisotopic (exact) mass is 423 g/mol. The number of nitrogens with zero attached hydrogens (tertiary/aromatic N) is 5. The van der Waals surface area contributed by atoms with Gasteiger partial charge >= 0.3 is 5.69 Å². The Labute approximate surface area is 166 Å². The van der Waals surface area contributed by atoms with Crippen molar-refractivity contribution in [2.75, 3.05) is 31.1 Å². The third kappa shape index (κ3) is 3.22. The van der Waals surface area contributed by atoms with E-state index in [1.54, 1.807) is 17.0 Å². The summed E-state index contributed by atoms with van der Waals surface area (Å²) in [5.74, 6) is 0.199. The van der Waals surface area contributed by atoms with E-state index in [1.165, 1.54) is 35.1 Å². The second-order valence-electron chi connectivity index (χ2n) is 6.34. The number of rotatable bonds is 3. The van der Waals surface area contributed by atoms with Gasteiger partial charge in [-0.3, -0.25) is 13.9 Å². The number of piperazine rings is 1. The van der Waals surface area contributed by atoms with Crippen LogP contribution in [0.3, 0.4) is 0 Å². The molecule has 1 aliphatic heterocycles. The molecule has 0 unspecified atom stereocenters. The van der Waals surface area contributed by atoms with Gasteiger partial charge in [-0.25, -0.2) is 13.2 Å². The summed E-state index contributed by atoms with van der Waals surface area (Å²) in [6.45, 7) is 0.696. The molecule has 0 aliphatic carbocycles. The molecule has 1 aliphatic rings. The van der Waals surface area contributed by atoms with E-state index < -0.39 is 21.3 Å². The summed E-state index contributed by atoms with van der Waals surface area (Å²) < 4.78 is 29.1. The van der Waals surface area contributed by atoms with Crippen LogP contribution >= 0.6 is 11.6 Å². The van der Waals surface area contributed by atoms with Crippen LogP contribution in [0, 0.1) is 11.3 Å². The van der Waals surface area contributed by atoms with Gasteiger partial charge in [0.2, 0.25) is 10.0 Å². The van der Waals surface area contributed by atoms with Crippen molar-refractivity contribution in [3.8, 4) is 6.07 Å². The van der Waals surface area contributed by atoms with Gasteiger partial charge in [-0.15, -0.1) is 0 Å². The molecule has 1 aromatic heterocycles. The second kappa shape index (κ2) is 7.43. The first-order valence-corrected chi connectivity index (χ1v) is 10.2. The van der Waals surface area contributed by atoms with E-state index in [1.807, 2.05) is 6.07 Å². The van der Waals surface area contributed by atoms with E-state index >= 15 is 0 Å². The number of nitriles is 1. The van der Waals surface area contributed by atoms with Gasteiger partial charge in [0.05, 0.1) is 5.02 Å². The molecule has 1 fully saturated rings. The lowest BCUT2D eigenvalue weighted by molar-refractivity contribution is 0.381. The van der Waals surface area contributed by atoms with Crippen LogP contribution in [-0.2, 0) is 24.1 Å². The van der Waals surface area contributed by atoms with Gasteiger partial charge in [-0.2, -0.15) is 9.57 Å². The Hall–Kier alpha value is -2.61. The van der Waals surface area contributed by atoms with Crippen LogP contribution in [0.5, 0.6) is 0 Å². The maximum absolute atomic E-state index is 12.9. The fourth-order valence-electron chi connectivity index (χ4n) is 3.23. The highest BCUT2D eigenvalue weighted by molar-refractivity contribution is 7.89. The molecule has 0 atom stereocenters. The first-order chi connectivity index (χ1) is 13.2. The maximum atomic E-state index is 12.9. The average molecular weight is 424 g/mol. The lowest BCUT2D eigenvalue weighted by Crippen LogP contribution is -2.51. The van der Waals surface area contributed by atoms with Crippen molar-refractivity contribution in [3.63, 3.8) is 0 Å². The summed E-state index contributed by atoms with van der Waals surface area (Å²) in [7, 11) is -0.986. The standard InChI is InChI=1S/C17H18ClN5O4S/c1-20-15(12(11-19)16(24)21(2)17(20)25)22-7-9-23(10-8-22)28(26,27)14-6-4-3-5-13(14)18/h3-6H,7-10H2,1-2H3. The van der Waals surface area contributed by atoms with E-state index in [9.17, 15) is 23.3 Å². The molecule has 1 saturated heterocycles. The molecule has 9 nitrogen and oxygen atoms in total. The highest BCUT2D eigenvalue weighted by Gasteiger charge is 2.32. The van der Waals surface area contributed by atoms with E-state index in [0.29, 0.717) is 0 Å². The number of hydrogen-bond donors (Lipinski definition) is 0. The first kappa shape index (κ1) is 20.1. The maximum Gasteiger partial charge on any atom is 0.332 e. The number of sulfonamides is 1. The lowest BCUT2D eigenvalue weighted by atomic mass is 10.2. The fourth-order valence-corrected chi connectivity index (χ4v) is 5.15. The number of hydrogen-bond acceptors (Lipinski definition) is 6. The minimum absolute atomic E-state index is 0.0313. The largest absolute Gasteiger partial charge is 0.354 e. The van der Waals surface area contributed by atoms with E-state index in [4.69, 9.17) is 11.6 Å².